The van der Waals surface area contributed by atoms with E-state index in [0.717, 1.165) is 17.2 Å². The monoisotopic (exact) mass is 397 g/mol. The molecule has 0 spiro atoms. The van der Waals surface area contributed by atoms with Gasteiger partial charge in [0.2, 0.25) is 0 Å². The molecule has 1 saturated heterocycles. The van der Waals surface area contributed by atoms with Crippen LogP contribution in [-0.2, 0) is 4.74 Å². The molecule has 1 amide bonds. The summed E-state index contributed by atoms with van der Waals surface area (Å²) in [7, 11) is 0. The molecule has 0 saturated carbocycles. The molecule has 26 heavy (non-hydrogen) atoms. The number of nitrogens with one attached hydrogen (secondary N) is 1. The van der Waals surface area contributed by atoms with Crippen LogP contribution in [0.3, 0.4) is 0 Å². The number of carbonyl (C=O) groups excluding carboxylic acids is 1. The summed E-state index contributed by atoms with van der Waals surface area (Å²) in [6.07, 6.45) is 2.07. The predicted octanol–water partition coefficient (Wildman–Crippen LogP) is 4.87. The summed E-state index contributed by atoms with van der Waals surface area (Å²) in [4.78, 5) is 12.9. The zero-order valence-corrected chi connectivity index (χ0v) is 17.6. The van der Waals surface area contributed by atoms with Gasteiger partial charge < -0.3 is 15.2 Å². The van der Waals surface area contributed by atoms with E-state index in [1.165, 1.54) is 29.2 Å². The first-order valence-electron chi connectivity index (χ1n) is 9.29. The van der Waals surface area contributed by atoms with Crippen LogP contribution in [0.1, 0.15) is 51.7 Å². The highest BCUT2D eigenvalue weighted by Gasteiger charge is 2.17. The number of alkyl carbamates (subject to hydrolysis) is 1. The fourth-order valence-electron chi connectivity index (χ4n) is 2.73. The third-order valence-electron chi connectivity index (χ3n) is 4.16. The zero-order chi connectivity index (χ0) is 19.0. The predicted molar refractivity (Wildman–Crippen MR) is 111 cm³/mol. The van der Waals surface area contributed by atoms with Gasteiger partial charge in [0, 0.05) is 17.2 Å². The van der Waals surface area contributed by atoms with E-state index in [1.54, 1.807) is 0 Å². The molecule has 146 valence electrons. The molecule has 0 bridgehead atoms. The molecular formula is C20H31NO3S2. The lowest BCUT2D eigenvalue weighted by atomic mass is 10.1. The van der Waals surface area contributed by atoms with Crippen LogP contribution in [0.25, 0.3) is 0 Å². The van der Waals surface area contributed by atoms with Crippen LogP contribution in [0.5, 0.6) is 0 Å². The van der Waals surface area contributed by atoms with Gasteiger partial charge in [0.05, 0.1) is 6.10 Å². The van der Waals surface area contributed by atoms with Crippen molar-refractivity contribution in [2.75, 3.05) is 23.8 Å². The lowest BCUT2D eigenvalue weighted by molar-refractivity contribution is 0.0518. The first-order valence-corrected chi connectivity index (χ1v) is 11.4. The van der Waals surface area contributed by atoms with Gasteiger partial charge in [0.1, 0.15) is 5.60 Å². The number of hydrogen-bond acceptors (Lipinski definition) is 5. The third kappa shape index (κ3) is 8.23. The molecule has 1 aromatic rings. The largest absolute Gasteiger partial charge is 0.444 e. The molecule has 0 aromatic heterocycles. The van der Waals surface area contributed by atoms with Crippen molar-refractivity contribution in [3.8, 4) is 0 Å². The van der Waals surface area contributed by atoms with Gasteiger partial charge in [-0.15, -0.1) is 11.8 Å². The summed E-state index contributed by atoms with van der Waals surface area (Å²) < 4.78 is 5.20. The maximum absolute atomic E-state index is 11.6. The molecule has 1 aliphatic rings. The Balaban J connectivity index is 1.76. The van der Waals surface area contributed by atoms with E-state index in [0.29, 0.717) is 13.0 Å². The van der Waals surface area contributed by atoms with E-state index in [2.05, 4.69) is 29.2 Å². The van der Waals surface area contributed by atoms with Gasteiger partial charge in [0.15, 0.2) is 0 Å². The molecule has 1 unspecified atom stereocenters. The van der Waals surface area contributed by atoms with Crippen molar-refractivity contribution >= 4 is 29.6 Å². The molecule has 1 heterocycles. The van der Waals surface area contributed by atoms with Gasteiger partial charge >= 0.3 is 6.09 Å². The fourth-order valence-corrected chi connectivity index (χ4v) is 5.09. The average molecular weight is 398 g/mol. The molecule has 0 aliphatic carbocycles. The van der Waals surface area contributed by atoms with E-state index in [1.807, 2.05) is 44.7 Å². The average Bonchev–Trinajstić information content (AvgIpc) is 2.59. The molecule has 1 aromatic carbocycles. The number of rotatable bonds is 7. The molecule has 0 radical (unpaired) electrons. The van der Waals surface area contributed by atoms with E-state index in [4.69, 9.17) is 4.74 Å². The number of ether oxygens (including phenoxy) is 1. The lowest BCUT2D eigenvalue weighted by Gasteiger charge is -2.21. The minimum Gasteiger partial charge on any atom is -0.444 e. The number of aliphatic hydroxyl groups excluding tert-OH is 1. The summed E-state index contributed by atoms with van der Waals surface area (Å²) in [5.74, 6) is 4.54. The first-order chi connectivity index (χ1) is 12.3. The van der Waals surface area contributed by atoms with Crippen LogP contribution in [0.15, 0.2) is 29.2 Å². The van der Waals surface area contributed by atoms with E-state index in [9.17, 15) is 9.90 Å². The van der Waals surface area contributed by atoms with Crippen LogP contribution in [0.2, 0.25) is 0 Å². The summed E-state index contributed by atoms with van der Waals surface area (Å²) in [5.41, 5.74) is 0.394. The molecule has 1 fully saturated rings. The van der Waals surface area contributed by atoms with Crippen molar-refractivity contribution in [3.63, 3.8) is 0 Å². The molecular weight excluding hydrogens is 366 g/mol. The van der Waals surface area contributed by atoms with Gasteiger partial charge in [-0.25, -0.2) is 4.79 Å². The minimum absolute atomic E-state index is 0.382. The Bertz CT molecular complexity index is 568. The summed E-state index contributed by atoms with van der Waals surface area (Å²) in [6.45, 7) is 5.87. The first kappa shape index (κ1) is 21.5. The number of amides is 1. The van der Waals surface area contributed by atoms with Gasteiger partial charge in [0.25, 0.3) is 0 Å². The Morgan fingerprint density at radius 2 is 2.12 bits per heavy atom. The third-order valence-corrected chi connectivity index (χ3v) is 6.43. The SMILES string of the molecule is CC(C)(C)OC(=O)NCCC(O)c1cccc(SCC2CCSCC2)c1. The van der Waals surface area contributed by atoms with Gasteiger partial charge in [-0.3, -0.25) is 0 Å². The van der Waals surface area contributed by atoms with Crippen molar-refractivity contribution in [1.29, 1.82) is 0 Å². The normalized spacial score (nSPS) is 16.9. The summed E-state index contributed by atoms with van der Waals surface area (Å²) in [6, 6.07) is 8.12. The van der Waals surface area contributed by atoms with Gasteiger partial charge in [-0.05, 0) is 75.2 Å². The van der Waals surface area contributed by atoms with Gasteiger partial charge in [-0.1, -0.05) is 12.1 Å². The van der Waals surface area contributed by atoms with Crippen molar-refractivity contribution in [2.24, 2.45) is 5.92 Å². The summed E-state index contributed by atoms with van der Waals surface area (Å²) >= 11 is 3.94. The summed E-state index contributed by atoms with van der Waals surface area (Å²) in [5, 5.41) is 13.1. The quantitative estimate of drug-likeness (QED) is 0.643. The molecule has 1 atom stereocenters. The second kappa shape index (κ2) is 10.5. The highest BCUT2D eigenvalue weighted by atomic mass is 32.2. The van der Waals surface area contributed by atoms with Crippen LogP contribution >= 0.6 is 23.5 Å². The standard InChI is InChI=1S/C20H31NO3S2/c1-20(2,3)24-19(23)21-10-7-18(22)16-5-4-6-17(13-16)26-14-15-8-11-25-12-9-15/h4-6,13,15,18,22H,7-12,14H2,1-3H3,(H,21,23). The highest BCUT2D eigenvalue weighted by Crippen LogP contribution is 2.30. The van der Waals surface area contributed by atoms with Gasteiger partial charge in [-0.2, -0.15) is 11.8 Å². The molecule has 2 rings (SSSR count). The smallest absolute Gasteiger partial charge is 0.407 e. The Hall–Kier alpha value is -0.850. The minimum atomic E-state index is -0.587. The Kier molecular flexibility index (Phi) is 8.64. The van der Waals surface area contributed by atoms with Crippen molar-refractivity contribution in [2.45, 2.75) is 56.6 Å². The highest BCUT2D eigenvalue weighted by molar-refractivity contribution is 7.99. The number of hydrogen-bond donors (Lipinski definition) is 2. The number of aliphatic hydroxyl groups is 1. The Morgan fingerprint density at radius 1 is 1.38 bits per heavy atom. The van der Waals surface area contributed by atoms with Crippen LogP contribution < -0.4 is 5.32 Å². The van der Waals surface area contributed by atoms with Crippen molar-refractivity contribution < 1.29 is 14.6 Å². The van der Waals surface area contributed by atoms with Crippen LogP contribution in [0, 0.1) is 5.92 Å². The maximum Gasteiger partial charge on any atom is 0.407 e. The number of benzene rings is 1. The lowest BCUT2D eigenvalue weighted by Crippen LogP contribution is -2.33. The Labute approximate surface area is 165 Å². The van der Waals surface area contributed by atoms with Crippen LogP contribution in [-0.4, -0.2) is 40.6 Å². The molecule has 1 aliphatic heterocycles. The zero-order valence-electron chi connectivity index (χ0n) is 16.0. The second-order valence-corrected chi connectivity index (χ2v) is 9.99. The van der Waals surface area contributed by atoms with Crippen LogP contribution in [0.4, 0.5) is 4.79 Å². The Morgan fingerprint density at radius 3 is 2.81 bits per heavy atom. The fraction of sp³-hybridized carbons (Fsp3) is 0.650. The topological polar surface area (TPSA) is 58.6 Å². The second-order valence-electron chi connectivity index (χ2n) is 7.67. The van der Waals surface area contributed by atoms with E-state index >= 15 is 0 Å². The van der Waals surface area contributed by atoms with Crippen molar-refractivity contribution in [1.82, 2.24) is 5.32 Å². The molecule has 6 heteroatoms. The number of carbonyl (C=O) groups is 1. The molecule has 2 N–H and O–H groups in total. The molecule has 4 nitrogen and oxygen atoms in total. The van der Waals surface area contributed by atoms with Crippen molar-refractivity contribution in [3.05, 3.63) is 29.8 Å². The van der Waals surface area contributed by atoms with E-state index in [-0.39, 0.29) is 0 Å². The van der Waals surface area contributed by atoms with E-state index < -0.39 is 17.8 Å². The number of thioether (sulfide) groups is 2. The maximum atomic E-state index is 11.6.